The largest absolute Gasteiger partial charge is 0.492 e. The summed E-state index contributed by atoms with van der Waals surface area (Å²) < 4.78 is 66.1. The van der Waals surface area contributed by atoms with E-state index in [0.717, 1.165) is 7.11 Å². The van der Waals surface area contributed by atoms with Gasteiger partial charge in [0, 0.05) is 6.20 Å². The summed E-state index contributed by atoms with van der Waals surface area (Å²) in [6, 6.07) is 0. The summed E-state index contributed by atoms with van der Waals surface area (Å²) in [4.78, 5) is 2.89. The molecular weight excluding hydrogens is 235 g/mol. The van der Waals surface area contributed by atoms with Crippen LogP contribution in [0.3, 0.4) is 0 Å². The van der Waals surface area contributed by atoms with Gasteiger partial charge in [-0.15, -0.1) is 0 Å². The van der Waals surface area contributed by atoms with Crippen LogP contribution in [0.25, 0.3) is 0 Å². The number of anilines is 1. The van der Waals surface area contributed by atoms with E-state index in [1.807, 2.05) is 0 Å². The average Bonchev–Trinajstić information content (AvgIpc) is 2.15. The van der Waals surface area contributed by atoms with Crippen molar-refractivity contribution in [3.63, 3.8) is 0 Å². The first-order valence-corrected chi connectivity index (χ1v) is 3.96. The lowest BCUT2D eigenvalue weighted by Gasteiger charge is -2.14. The molecule has 0 atom stereocenters. The second-order valence-electron chi connectivity index (χ2n) is 2.81. The third kappa shape index (κ3) is 2.15. The SMILES string of the molecule is COc1c(C(F)(F)F)ncc(C(F)F)c1N. The maximum Gasteiger partial charge on any atom is 0.437 e. The number of hydrogen-bond donors (Lipinski definition) is 1. The molecule has 2 N–H and O–H groups in total. The summed E-state index contributed by atoms with van der Waals surface area (Å²) in [5.74, 6) is -0.884. The Hall–Kier alpha value is -1.60. The lowest BCUT2D eigenvalue weighted by atomic mass is 10.2. The Morgan fingerprint density at radius 3 is 2.31 bits per heavy atom. The van der Waals surface area contributed by atoms with Crippen LogP contribution in [0.4, 0.5) is 27.6 Å². The van der Waals surface area contributed by atoms with Crippen LogP contribution in [0.1, 0.15) is 17.7 Å². The molecule has 0 aliphatic carbocycles. The summed E-state index contributed by atoms with van der Waals surface area (Å²) in [5, 5.41) is 0. The van der Waals surface area contributed by atoms with Crippen molar-refractivity contribution >= 4 is 5.69 Å². The molecule has 0 aliphatic heterocycles. The van der Waals surface area contributed by atoms with Crippen molar-refractivity contribution in [3.05, 3.63) is 17.5 Å². The van der Waals surface area contributed by atoms with E-state index < -0.39 is 35.3 Å². The van der Waals surface area contributed by atoms with Gasteiger partial charge in [0.05, 0.1) is 18.4 Å². The van der Waals surface area contributed by atoms with Crippen molar-refractivity contribution in [1.82, 2.24) is 4.98 Å². The Morgan fingerprint density at radius 2 is 1.94 bits per heavy atom. The minimum absolute atomic E-state index is 0.394. The van der Waals surface area contributed by atoms with Gasteiger partial charge in [-0.2, -0.15) is 13.2 Å². The van der Waals surface area contributed by atoms with Crippen molar-refractivity contribution in [3.8, 4) is 5.75 Å². The summed E-state index contributed by atoms with van der Waals surface area (Å²) in [6.45, 7) is 0. The summed E-state index contributed by atoms with van der Waals surface area (Å²) >= 11 is 0. The van der Waals surface area contributed by atoms with E-state index in [9.17, 15) is 22.0 Å². The smallest absolute Gasteiger partial charge is 0.437 e. The standard InChI is InChI=1S/C8H7F5N2O/c1-16-5-4(14)3(7(9)10)2-15-6(5)8(11,12)13/h2,7H,1H3,(H2,14,15). The van der Waals surface area contributed by atoms with E-state index in [2.05, 4.69) is 9.72 Å². The number of nitrogen functional groups attached to an aromatic ring is 1. The van der Waals surface area contributed by atoms with Crippen LogP contribution in [-0.4, -0.2) is 12.1 Å². The minimum atomic E-state index is -4.81. The van der Waals surface area contributed by atoms with Crippen molar-refractivity contribution in [2.24, 2.45) is 0 Å². The molecule has 1 rings (SSSR count). The van der Waals surface area contributed by atoms with Crippen LogP contribution >= 0.6 is 0 Å². The predicted octanol–water partition coefficient (Wildman–Crippen LogP) is 2.63. The molecular formula is C8H7F5N2O. The average molecular weight is 242 g/mol. The highest BCUT2D eigenvalue weighted by molar-refractivity contribution is 5.60. The summed E-state index contributed by atoms with van der Waals surface area (Å²) in [6.07, 6.45) is -7.42. The molecule has 0 fully saturated rings. The van der Waals surface area contributed by atoms with E-state index in [1.165, 1.54) is 0 Å². The molecule has 0 bridgehead atoms. The molecule has 1 aromatic heterocycles. The van der Waals surface area contributed by atoms with E-state index in [1.54, 1.807) is 0 Å². The highest BCUT2D eigenvalue weighted by Crippen LogP contribution is 2.41. The van der Waals surface area contributed by atoms with Crippen LogP contribution in [0.5, 0.6) is 5.75 Å². The Kier molecular flexibility index (Phi) is 3.20. The topological polar surface area (TPSA) is 48.1 Å². The highest BCUT2D eigenvalue weighted by Gasteiger charge is 2.38. The number of pyridine rings is 1. The van der Waals surface area contributed by atoms with Gasteiger partial charge in [-0.05, 0) is 0 Å². The first-order valence-electron chi connectivity index (χ1n) is 3.96. The molecule has 1 aromatic rings. The number of nitrogens with zero attached hydrogens (tertiary/aromatic N) is 1. The third-order valence-corrected chi connectivity index (χ3v) is 1.81. The van der Waals surface area contributed by atoms with E-state index in [-0.39, 0.29) is 0 Å². The monoisotopic (exact) mass is 242 g/mol. The third-order valence-electron chi connectivity index (χ3n) is 1.81. The van der Waals surface area contributed by atoms with Gasteiger partial charge in [-0.1, -0.05) is 0 Å². The van der Waals surface area contributed by atoms with Gasteiger partial charge in [-0.25, -0.2) is 13.8 Å². The number of methoxy groups -OCH3 is 1. The highest BCUT2D eigenvalue weighted by atomic mass is 19.4. The fraction of sp³-hybridized carbons (Fsp3) is 0.375. The first kappa shape index (κ1) is 12.5. The van der Waals surface area contributed by atoms with Crippen molar-refractivity contribution in [1.29, 1.82) is 0 Å². The van der Waals surface area contributed by atoms with Crippen LogP contribution in [-0.2, 0) is 6.18 Å². The second-order valence-corrected chi connectivity index (χ2v) is 2.81. The molecule has 1 heterocycles. The molecule has 0 saturated heterocycles. The lowest BCUT2D eigenvalue weighted by molar-refractivity contribution is -0.142. The molecule has 0 unspecified atom stereocenters. The van der Waals surface area contributed by atoms with E-state index in [0.29, 0.717) is 6.20 Å². The fourth-order valence-electron chi connectivity index (χ4n) is 1.10. The van der Waals surface area contributed by atoms with Gasteiger partial charge in [0.1, 0.15) is 0 Å². The Balaban J connectivity index is 3.41. The molecule has 0 amide bonds. The van der Waals surface area contributed by atoms with Gasteiger partial charge in [0.2, 0.25) is 0 Å². The maximum absolute atomic E-state index is 12.4. The van der Waals surface area contributed by atoms with Gasteiger partial charge in [0.25, 0.3) is 6.43 Å². The van der Waals surface area contributed by atoms with Crippen LogP contribution < -0.4 is 10.5 Å². The molecule has 8 heteroatoms. The fourth-order valence-corrected chi connectivity index (χ4v) is 1.10. The number of hydrogen-bond acceptors (Lipinski definition) is 3. The Bertz CT molecular complexity index is 391. The number of alkyl halides is 5. The first-order chi connectivity index (χ1) is 7.29. The van der Waals surface area contributed by atoms with Crippen molar-refractivity contribution < 1.29 is 26.7 Å². The van der Waals surface area contributed by atoms with Crippen LogP contribution in [0.15, 0.2) is 6.20 Å². The molecule has 0 aromatic carbocycles. The minimum Gasteiger partial charge on any atom is -0.492 e. The van der Waals surface area contributed by atoms with E-state index >= 15 is 0 Å². The zero-order chi connectivity index (χ0) is 12.5. The maximum atomic E-state index is 12.4. The molecule has 0 aliphatic rings. The number of rotatable bonds is 2. The molecule has 0 spiro atoms. The molecule has 0 saturated carbocycles. The van der Waals surface area contributed by atoms with Gasteiger partial charge in [-0.3, -0.25) is 0 Å². The summed E-state index contributed by atoms with van der Waals surface area (Å²) in [5.41, 5.74) is 2.19. The molecule has 3 nitrogen and oxygen atoms in total. The normalized spacial score (nSPS) is 11.9. The molecule has 0 radical (unpaired) electrons. The zero-order valence-corrected chi connectivity index (χ0v) is 7.98. The van der Waals surface area contributed by atoms with Crippen molar-refractivity contribution in [2.75, 3.05) is 12.8 Å². The van der Waals surface area contributed by atoms with Gasteiger partial charge >= 0.3 is 6.18 Å². The number of aromatic nitrogens is 1. The zero-order valence-electron chi connectivity index (χ0n) is 7.98. The quantitative estimate of drug-likeness (QED) is 0.811. The summed E-state index contributed by atoms with van der Waals surface area (Å²) in [7, 11) is 0.901. The number of ether oxygens (including phenoxy) is 1. The van der Waals surface area contributed by atoms with Crippen LogP contribution in [0.2, 0.25) is 0 Å². The van der Waals surface area contributed by atoms with Gasteiger partial charge < -0.3 is 10.5 Å². The molecule has 16 heavy (non-hydrogen) atoms. The van der Waals surface area contributed by atoms with Crippen LogP contribution in [0, 0.1) is 0 Å². The number of nitrogens with two attached hydrogens (primary N) is 1. The Labute approximate surface area is 87.0 Å². The second kappa shape index (κ2) is 4.11. The molecule has 90 valence electrons. The lowest BCUT2D eigenvalue weighted by Crippen LogP contribution is -2.13. The number of halogens is 5. The van der Waals surface area contributed by atoms with Gasteiger partial charge in [0.15, 0.2) is 11.4 Å². The van der Waals surface area contributed by atoms with Crippen molar-refractivity contribution in [2.45, 2.75) is 12.6 Å². The van der Waals surface area contributed by atoms with E-state index in [4.69, 9.17) is 5.73 Å². The predicted molar refractivity (Wildman–Crippen MR) is 45.2 cm³/mol. The Morgan fingerprint density at radius 1 is 1.38 bits per heavy atom.